The van der Waals surface area contributed by atoms with Crippen molar-refractivity contribution in [3.63, 3.8) is 0 Å². The van der Waals surface area contributed by atoms with Gasteiger partial charge in [0, 0.05) is 48.6 Å². The fourth-order valence-electron chi connectivity index (χ4n) is 5.01. The minimum atomic E-state index is -0.158. The van der Waals surface area contributed by atoms with E-state index < -0.39 is 0 Å². The van der Waals surface area contributed by atoms with Crippen molar-refractivity contribution in [1.29, 1.82) is 0 Å². The first kappa shape index (κ1) is 18.6. The average molecular weight is 390 g/mol. The number of nitrogens with zero attached hydrogens (tertiary/aromatic N) is 3. The van der Waals surface area contributed by atoms with Crippen LogP contribution in [0.15, 0.2) is 48.0 Å². The molecule has 3 heterocycles. The van der Waals surface area contributed by atoms with E-state index in [1.165, 1.54) is 28.0 Å². The van der Waals surface area contributed by atoms with Crippen LogP contribution in [0, 0.1) is 11.7 Å². The van der Waals surface area contributed by atoms with E-state index in [1.807, 2.05) is 6.07 Å². The molecule has 0 N–H and O–H groups in total. The molecule has 5 rings (SSSR count). The van der Waals surface area contributed by atoms with Gasteiger partial charge in [0.1, 0.15) is 5.82 Å². The Morgan fingerprint density at radius 3 is 2.69 bits per heavy atom. The fraction of sp³-hybridized carbons (Fsp3) is 0.400. The second-order valence-corrected chi connectivity index (χ2v) is 8.66. The lowest BCUT2D eigenvalue weighted by Crippen LogP contribution is -2.36. The molecule has 0 atom stereocenters. The van der Waals surface area contributed by atoms with Crippen LogP contribution in [0.4, 0.5) is 4.39 Å². The van der Waals surface area contributed by atoms with Crippen molar-refractivity contribution in [3.05, 3.63) is 76.6 Å². The first-order valence-electron chi connectivity index (χ1n) is 10.7. The molecule has 1 fully saturated rings. The van der Waals surface area contributed by atoms with E-state index in [1.54, 1.807) is 12.1 Å². The maximum atomic E-state index is 13.5. The van der Waals surface area contributed by atoms with E-state index in [0.29, 0.717) is 12.5 Å². The van der Waals surface area contributed by atoms with Gasteiger partial charge in [0.15, 0.2) is 0 Å². The molecule has 29 heavy (non-hydrogen) atoms. The highest BCUT2D eigenvalue weighted by atomic mass is 19.1. The predicted molar refractivity (Wildman–Crippen MR) is 116 cm³/mol. The number of hydrogen-bond acceptors (Lipinski definition) is 3. The Morgan fingerprint density at radius 2 is 1.86 bits per heavy atom. The quantitative estimate of drug-likeness (QED) is 0.770. The molecule has 0 unspecified atom stereocenters. The maximum Gasteiger partial charge on any atom is 0.123 e. The van der Waals surface area contributed by atoms with Crippen LogP contribution in [0.2, 0.25) is 0 Å². The second-order valence-electron chi connectivity index (χ2n) is 8.66. The molecule has 0 aliphatic carbocycles. The van der Waals surface area contributed by atoms with Gasteiger partial charge in [-0.15, -0.1) is 0 Å². The molecule has 3 aliphatic rings. The van der Waals surface area contributed by atoms with Crippen molar-refractivity contribution in [2.45, 2.75) is 32.4 Å². The Kier molecular flexibility index (Phi) is 4.75. The molecule has 2 aromatic rings. The van der Waals surface area contributed by atoms with Crippen LogP contribution in [-0.2, 0) is 19.5 Å². The SMILES string of the molecule is C=C1c2cc(CN3CCC(C4=NCc5cc(F)ccc54)CC3)ccc2CCN1C. The summed E-state index contributed by atoms with van der Waals surface area (Å²) in [6.45, 7) is 9.12. The van der Waals surface area contributed by atoms with Crippen LogP contribution in [0.3, 0.4) is 0 Å². The smallest absolute Gasteiger partial charge is 0.123 e. The third-order valence-electron chi connectivity index (χ3n) is 6.81. The Bertz CT molecular complexity index is 986. The van der Waals surface area contributed by atoms with Gasteiger partial charge in [-0.2, -0.15) is 0 Å². The van der Waals surface area contributed by atoms with Crippen molar-refractivity contribution in [2.24, 2.45) is 10.9 Å². The van der Waals surface area contributed by atoms with Crippen molar-refractivity contribution < 1.29 is 4.39 Å². The third kappa shape index (κ3) is 3.51. The normalized spacial score (nSPS) is 19.9. The molecule has 3 nitrogen and oxygen atoms in total. The molecule has 0 saturated carbocycles. The number of benzene rings is 2. The number of piperidine rings is 1. The number of rotatable bonds is 3. The summed E-state index contributed by atoms with van der Waals surface area (Å²) < 4.78 is 13.5. The standard InChI is InChI=1S/C25H28FN3/c1-17-24-13-18(3-4-19(24)7-10-28(17)2)16-29-11-8-20(9-12-29)25-23-6-5-22(26)14-21(23)15-27-25/h3-6,13-14,20H,1,7-12,15-16H2,2H3. The number of likely N-dealkylation sites (tertiary alicyclic amines) is 1. The number of fused-ring (bicyclic) bond motifs is 2. The summed E-state index contributed by atoms with van der Waals surface area (Å²) in [7, 11) is 2.13. The number of hydrogen-bond donors (Lipinski definition) is 0. The molecule has 3 aliphatic heterocycles. The zero-order valence-electron chi connectivity index (χ0n) is 17.1. The minimum Gasteiger partial charge on any atom is -0.374 e. The van der Waals surface area contributed by atoms with Crippen molar-refractivity contribution >= 4 is 11.4 Å². The minimum absolute atomic E-state index is 0.158. The van der Waals surface area contributed by atoms with Crippen LogP contribution >= 0.6 is 0 Å². The van der Waals surface area contributed by atoms with Gasteiger partial charge in [0.25, 0.3) is 0 Å². The van der Waals surface area contributed by atoms with Gasteiger partial charge in [-0.1, -0.05) is 18.7 Å². The number of likely N-dealkylation sites (N-methyl/N-ethyl adjacent to an activating group) is 1. The van der Waals surface area contributed by atoms with E-state index in [9.17, 15) is 4.39 Å². The average Bonchev–Trinajstić information content (AvgIpc) is 3.15. The monoisotopic (exact) mass is 389 g/mol. The molecular weight excluding hydrogens is 361 g/mol. The Hall–Kier alpha value is -2.46. The largest absolute Gasteiger partial charge is 0.374 e. The van der Waals surface area contributed by atoms with Gasteiger partial charge in [-0.05, 0) is 73.3 Å². The molecule has 0 amide bonds. The van der Waals surface area contributed by atoms with Gasteiger partial charge < -0.3 is 4.90 Å². The van der Waals surface area contributed by atoms with Crippen LogP contribution in [0.5, 0.6) is 0 Å². The summed E-state index contributed by atoms with van der Waals surface area (Å²) in [5, 5.41) is 0. The fourth-order valence-corrected chi connectivity index (χ4v) is 5.01. The molecule has 2 aromatic carbocycles. The Labute approximate surface area is 172 Å². The first-order chi connectivity index (χ1) is 14.1. The van der Waals surface area contributed by atoms with Crippen molar-refractivity contribution in [1.82, 2.24) is 9.80 Å². The first-order valence-corrected chi connectivity index (χ1v) is 10.7. The summed E-state index contributed by atoms with van der Waals surface area (Å²) in [5.41, 5.74) is 8.66. The van der Waals surface area contributed by atoms with E-state index in [0.717, 1.165) is 56.7 Å². The highest BCUT2D eigenvalue weighted by Crippen LogP contribution is 2.31. The van der Waals surface area contributed by atoms with E-state index in [4.69, 9.17) is 4.99 Å². The zero-order valence-corrected chi connectivity index (χ0v) is 17.1. The molecule has 4 heteroatoms. The molecular formula is C25H28FN3. The van der Waals surface area contributed by atoms with Crippen LogP contribution in [-0.4, -0.2) is 42.2 Å². The lowest BCUT2D eigenvalue weighted by molar-refractivity contribution is 0.202. The molecule has 0 aromatic heterocycles. The molecule has 1 saturated heterocycles. The van der Waals surface area contributed by atoms with Crippen molar-refractivity contribution in [2.75, 3.05) is 26.7 Å². The summed E-state index contributed by atoms with van der Waals surface area (Å²) in [6, 6.07) is 12.0. The van der Waals surface area contributed by atoms with Crippen molar-refractivity contribution in [3.8, 4) is 0 Å². The summed E-state index contributed by atoms with van der Waals surface area (Å²) in [4.78, 5) is 9.56. The molecule has 0 spiro atoms. The Morgan fingerprint density at radius 1 is 1.03 bits per heavy atom. The number of halogens is 1. The molecule has 0 radical (unpaired) electrons. The predicted octanol–water partition coefficient (Wildman–Crippen LogP) is 4.50. The number of aliphatic imine (C=N–C) groups is 1. The van der Waals surface area contributed by atoms with E-state index >= 15 is 0 Å². The third-order valence-corrected chi connectivity index (χ3v) is 6.81. The Balaban J connectivity index is 1.23. The van der Waals surface area contributed by atoms with Crippen LogP contribution in [0.25, 0.3) is 5.70 Å². The summed E-state index contributed by atoms with van der Waals surface area (Å²) >= 11 is 0. The topological polar surface area (TPSA) is 18.8 Å². The molecule has 0 bridgehead atoms. The van der Waals surface area contributed by atoms with Gasteiger partial charge in [-0.3, -0.25) is 9.89 Å². The lowest BCUT2D eigenvalue weighted by atomic mass is 9.87. The lowest BCUT2D eigenvalue weighted by Gasteiger charge is -2.33. The van der Waals surface area contributed by atoms with Gasteiger partial charge in [0.05, 0.1) is 6.54 Å². The summed E-state index contributed by atoms with van der Waals surface area (Å²) in [5.74, 6) is 0.337. The van der Waals surface area contributed by atoms with E-state index in [-0.39, 0.29) is 5.82 Å². The highest BCUT2D eigenvalue weighted by molar-refractivity contribution is 6.05. The van der Waals surface area contributed by atoms with Gasteiger partial charge in [-0.25, -0.2) is 4.39 Å². The van der Waals surface area contributed by atoms with Gasteiger partial charge in [0.2, 0.25) is 0 Å². The van der Waals surface area contributed by atoms with Crippen LogP contribution in [0.1, 0.15) is 40.7 Å². The van der Waals surface area contributed by atoms with Gasteiger partial charge >= 0.3 is 0 Å². The van der Waals surface area contributed by atoms with E-state index in [2.05, 4.69) is 41.6 Å². The highest BCUT2D eigenvalue weighted by Gasteiger charge is 2.28. The molecule has 150 valence electrons. The zero-order chi connectivity index (χ0) is 20.0. The second kappa shape index (κ2) is 7.42. The van der Waals surface area contributed by atoms with Crippen LogP contribution < -0.4 is 0 Å². The maximum absolute atomic E-state index is 13.5. The summed E-state index contributed by atoms with van der Waals surface area (Å²) in [6.07, 6.45) is 3.34.